The summed E-state index contributed by atoms with van der Waals surface area (Å²) in [5.41, 5.74) is 0.866. The highest BCUT2D eigenvalue weighted by Gasteiger charge is 2.20. The maximum absolute atomic E-state index is 3.31. The maximum atomic E-state index is 3.31. The molecule has 0 aliphatic carbocycles. The van der Waals surface area contributed by atoms with Gasteiger partial charge in [-0.15, -0.1) is 0 Å². The van der Waals surface area contributed by atoms with Gasteiger partial charge in [-0.1, -0.05) is 19.4 Å². The second-order valence-electron chi connectivity index (χ2n) is 3.43. The van der Waals surface area contributed by atoms with E-state index in [2.05, 4.69) is 31.4 Å². The summed E-state index contributed by atoms with van der Waals surface area (Å²) < 4.78 is 0. The molecule has 0 heterocycles. The van der Waals surface area contributed by atoms with Crippen molar-refractivity contribution in [3.05, 3.63) is 0 Å². The van der Waals surface area contributed by atoms with Crippen LogP contribution in [0.15, 0.2) is 0 Å². The van der Waals surface area contributed by atoms with E-state index < -0.39 is 0 Å². The van der Waals surface area contributed by atoms with Crippen molar-refractivity contribution in [3.63, 3.8) is 0 Å². The van der Waals surface area contributed by atoms with Crippen LogP contribution in [-0.4, -0.2) is 28.9 Å². The Kier molecular flexibility index (Phi) is 4.16. The molecule has 0 fully saturated rings. The predicted molar refractivity (Wildman–Crippen MR) is 50.2 cm³/mol. The lowest BCUT2D eigenvalue weighted by atomic mass is 10.5. The molecule has 0 aliphatic heterocycles. The summed E-state index contributed by atoms with van der Waals surface area (Å²) in [6.45, 7) is 6.82. The van der Waals surface area contributed by atoms with Crippen molar-refractivity contribution in [2.45, 2.75) is 31.6 Å². The lowest BCUT2D eigenvalue weighted by molar-refractivity contribution is 0.459. The van der Waals surface area contributed by atoms with Crippen LogP contribution in [0.3, 0.4) is 0 Å². The smallest absolute Gasteiger partial charge is 0.0648 e. The molecule has 0 aliphatic rings. The van der Waals surface area contributed by atoms with Crippen molar-refractivity contribution >= 4 is 9.52 Å². The highest BCUT2D eigenvalue weighted by molar-refractivity contribution is 6.41. The van der Waals surface area contributed by atoms with Crippen molar-refractivity contribution < 1.29 is 0 Å². The topological polar surface area (TPSA) is 24.1 Å². The molecule has 2 nitrogen and oxygen atoms in total. The second-order valence-corrected chi connectivity index (χ2v) is 6.89. The molecule has 0 aromatic heterocycles. The molecule has 2 N–H and O–H groups in total. The minimum atomic E-state index is -0.0586. The van der Waals surface area contributed by atoms with Crippen molar-refractivity contribution in [1.29, 1.82) is 0 Å². The minimum Gasteiger partial charge on any atom is -0.306 e. The largest absolute Gasteiger partial charge is 0.306 e. The highest BCUT2D eigenvalue weighted by Crippen LogP contribution is 2.05. The molecule has 0 aromatic rings. The van der Waals surface area contributed by atoms with E-state index in [1.165, 1.54) is 0 Å². The average molecular weight is 160 g/mol. The zero-order chi connectivity index (χ0) is 8.20. The van der Waals surface area contributed by atoms with E-state index in [-0.39, 0.29) is 14.8 Å². The third-order valence-electron chi connectivity index (χ3n) is 1.92. The quantitative estimate of drug-likeness (QED) is 0.450. The van der Waals surface area contributed by atoms with Gasteiger partial charge in [0.15, 0.2) is 0 Å². The Morgan fingerprint density at radius 2 is 1.60 bits per heavy atom. The van der Waals surface area contributed by atoms with Gasteiger partial charge in [-0.05, 0) is 21.0 Å². The van der Waals surface area contributed by atoms with Crippen molar-refractivity contribution in [3.8, 4) is 0 Å². The van der Waals surface area contributed by atoms with Gasteiger partial charge < -0.3 is 10.6 Å². The van der Waals surface area contributed by atoms with Gasteiger partial charge in [-0.3, -0.25) is 0 Å². The summed E-state index contributed by atoms with van der Waals surface area (Å²) in [6.07, 6.45) is 0. The van der Waals surface area contributed by atoms with E-state index in [0.29, 0.717) is 0 Å². The zero-order valence-electron chi connectivity index (χ0n) is 7.78. The van der Waals surface area contributed by atoms with Crippen LogP contribution in [0.5, 0.6) is 0 Å². The third kappa shape index (κ3) is 3.34. The number of hydrogen-bond donors (Lipinski definition) is 2. The van der Waals surface area contributed by atoms with Crippen LogP contribution in [0.1, 0.15) is 20.8 Å². The lowest BCUT2D eigenvalue weighted by Gasteiger charge is -2.30. The summed E-state index contributed by atoms with van der Waals surface area (Å²) >= 11 is 0. The van der Waals surface area contributed by atoms with Gasteiger partial charge in [0.1, 0.15) is 0 Å². The molecule has 0 aromatic carbocycles. The highest BCUT2D eigenvalue weighted by atomic mass is 28.2. The van der Waals surface area contributed by atoms with Crippen molar-refractivity contribution in [1.82, 2.24) is 10.6 Å². The molecule has 0 saturated carbocycles. The van der Waals surface area contributed by atoms with E-state index in [4.69, 9.17) is 0 Å². The number of nitrogens with one attached hydrogen (secondary N) is 2. The molecular formula is C7H20N2Si. The van der Waals surface area contributed by atoms with Crippen molar-refractivity contribution in [2.75, 3.05) is 14.1 Å². The summed E-state index contributed by atoms with van der Waals surface area (Å²) in [7, 11) is 3.98. The maximum Gasteiger partial charge on any atom is 0.0648 e. The predicted octanol–water partition coefficient (Wildman–Crippen LogP) is 0.0960. The third-order valence-corrected chi connectivity index (χ3v) is 4.26. The van der Waals surface area contributed by atoms with E-state index >= 15 is 0 Å². The zero-order valence-corrected chi connectivity index (χ0v) is 9.20. The molecule has 0 rings (SSSR count). The van der Waals surface area contributed by atoms with Gasteiger partial charge in [0.25, 0.3) is 0 Å². The Morgan fingerprint density at radius 1 is 1.20 bits per heavy atom. The fourth-order valence-corrected chi connectivity index (χ4v) is 3.19. The van der Waals surface area contributed by atoms with Crippen LogP contribution in [0.4, 0.5) is 0 Å². The van der Waals surface area contributed by atoms with Gasteiger partial charge in [-0.2, -0.15) is 0 Å². The van der Waals surface area contributed by atoms with E-state index in [0.717, 1.165) is 5.54 Å². The monoisotopic (exact) mass is 160 g/mol. The molecule has 3 heteroatoms. The van der Waals surface area contributed by atoms with Crippen LogP contribution in [0.25, 0.3) is 0 Å². The Morgan fingerprint density at radius 3 is 1.70 bits per heavy atom. The summed E-state index contributed by atoms with van der Waals surface area (Å²) in [6, 6.07) is 0. The fraction of sp³-hybridized carbons (Fsp3) is 1.00. The Bertz CT molecular complexity index is 89.6. The second kappa shape index (κ2) is 4.11. The van der Waals surface area contributed by atoms with Crippen LogP contribution in [0, 0.1) is 0 Å². The number of hydrogen-bond acceptors (Lipinski definition) is 2. The Balaban J connectivity index is 3.80. The first-order valence-corrected chi connectivity index (χ1v) is 5.44. The van der Waals surface area contributed by atoms with Gasteiger partial charge >= 0.3 is 0 Å². The summed E-state index contributed by atoms with van der Waals surface area (Å²) in [5.74, 6) is 0. The molecule has 0 amide bonds. The molecule has 0 saturated heterocycles. The first kappa shape index (κ1) is 10.1. The van der Waals surface area contributed by atoms with Crippen LogP contribution in [0.2, 0.25) is 5.54 Å². The SMILES string of the molecule is CNC(C)(NC)[SiH2]C(C)C. The van der Waals surface area contributed by atoms with Gasteiger partial charge in [0.05, 0.1) is 9.52 Å². The molecule has 62 valence electrons. The molecule has 10 heavy (non-hydrogen) atoms. The average Bonchev–Trinajstić information content (AvgIpc) is 1.87. The van der Waals surface area contributed by atoms with Gasteiger partial charge in [0.2, 0.25) is 0 Å². The minimum absolute atomic E-state index is 0.0586. The van der Waals surface area contributed by atoms with Crippen molar-refractivity contribution in [2.24, 2.45) is 0 Å². The molecule has 0 spiro atoms. The number of rotatable bonds is 4. The van der Waals surface area contributed by atoms with E-state index in [1.54, 1.807) is 0 Å². The molecule has 0 unspecified atom stereocenters. The summed E-state index contributed by atoms with van der Waals surface area (Å²) in [4.78, 5) is 0. The fourth-order valence-electron chi connectivity index (χ4n) is 1.15. The van der Waals surface area contributed by atoms with E-state index in [1.807, 2.05) is 14.1 Å². The Hall–Kier alpha value is 0.137. The molecule has 0 bridgehead atoms. The van der Waals surface area contributed by atoms with Gasteiger partial charge in [0, 0.05) is 5.29 Å². The lowest BCUT2D eigenvalue weighted by Crippen LogP contribution is -2.56. The first-order valence-electron chi connectivity index (χ1n) is 3.92. The first-order chi connectivity index (χ1) is 4.54. The van der Waals surface area contributed by atoms with E-state index in [9.17, 15) is 0 Å². The molecule has 0 atom stereocenters. The van der Waals surface area contributed by atoms with Crippen LogP contribution >= 0.6 is 0 Å². The summed E-state index contributed by atoms with van der Waals surface area (Å²) in [5, 5.41) is 6.86. The van der Waals surface area contributed by atoms with Crippen LogP contribution in [-0.2, 0) is 0 Å². The molecular weight excluding hydrogens is 140 g/mol. The standard InChI is InChI=1S/C7H20N2Si/c1-6(2)10-7(3,8-4)9-5/h6,8-9H,10H2,1-5H3. The Labute approximate surface area is 66.6 Å². The van der Waals surface area contributed by atoms with Gasteiger partial charge in [-0.25, -0.2) is 0 Å². The molecule has 0 radical (unpaired) electrons. The normalized spacial score (nSPS) is 13.8. The van der Waals surface area contributed by atoms with Crippen LogP contribution < -0.4 is 10.6 Å².